The van der Waals surface area contributed by atoms with Gasteiger partial charge in [-0.1, -0.05) is 32.4 Å². The fraction of sp³-hybridized carbons (Fsp3) is 0.727. The van der Waals surface area contributed by atoms with Crippen LogP contribution in [0.2, 0.25) is 0 Å². The van der Waals surface area contributed by atoms with Crippen molar-refractivity contribution in [1.29, 1.82) is 0 Å². The number of fused-ring (bicyclic) bond motifs is 5. The molecule has 0 aromatic carbocycles. The highest BCUT2D eigenvalue weighted by Gasteiger charge is 2.70. The molecule has 0 amide bonds. The van der Waals surface area contributed by atoms with Crippen LogP contribution in [0.3, 0.4) is 0 Å². The lowest BCUT2D eigenvalue weighted by molar-refractivity contribution is -0.183. The van der Waals surface area contributed by atoms with E-state index in [-0.39, 0.29) is 34.9 Å². The summed E-state index contributed by atoms with van der Waals surface area (Å²) in [7, 11) is 0. The monoisotopic (exact) mass is 374 g/mol. The van der Waals surface area contributed by atoms with Crippen LogP contribution in [-0.4, -0.2) is 45.2 Å². The van der Waals surface area contributed by atoms with Crippen LogP contribution < -0.4 is 0 Å². The number of aliphatic hydroxyl groups is 3. The van der Waals surface area contributed by atoms with E-state index in [1.807, 2.05) is 19.9 Å². The van der Waals surface area contributed by atoms with E-state index in [9.17, 15) is 24.9 Å². The van der Waals surface area contributed by atoms with Crippen LogP contribution in [0.4, 0.5) is 0 Å². The number of ketones is 2. The highest BCUT2D eigenvalue weighted by molar-refractivity contribution is 6.01. The second-order valence-electron chi connectivity index (χ2n) is 9.70. The first-order valence-corrected chi connectivity index (χ1v) is 10.1. The molecular weight excluding hydrogens is 344 g/mol. The summed E-state index contributed by atoms with van der Waals surface area (Å²) in [5, 5.41) is 32.1. The average molecular weight is 374 g/mol. The first kappa shape index (κ1) is 19.0. The van der Waals surface area contributed by atoms with Crippen LogP contribution in [0.1, 0.15) is 46.5 Å². The van der Waals surface area contributed by atoms with Gasteiger partial charge in [0.2, 0.25) is 0 Å². The van der Waals surface area contributed by atoms with Gasteiger partial charge in [0, 0.05) is 16.7 Å². The summed E-state index contributed by atoms with van der Waals surface area (Å²) < 4.78 is 0. The Balaban J connectivity index is 1.78. The van der Waals surface area contributed by atoms with Crippen molar-refractivity contribution in [2.45, 2.75) is 58.2 Å². The van der Waals surface area contributed by atoms with Gasteiger partial charge in [0.25, 0.3) is 0 Å². The fourth-order valence-electron chi connectivity index (χ4n) is 7.37. The average Bonchev–Trinajstić information content (AvgIpc) is 2.82. The molecule has 4 aliphatic carbocycles. The quantitative estimate of drug-likeness (QED) is 0.685. The van der Waals surface area contributed by atoms with E-state index in [0.717, 1.165) is 18.4 Å². The van der Waals surface area contributed by atoms with Gasteiger partial charge in [-0.05, 0) is 55.6 Å². The summed E-state index contributed by atoms with van der Waals surface area (Å²) in [5.74, 6) is -0.539. The van der Waals surface area contributed by atoms with Gasteiger partial charge >= 0.3 is 0 Å². The minimum absolute atomic E-state index is 0.00784. The molecule has 0 radical (unpaired) electrons. The molecule has 0 heterocycles. The lowest BCUT2D eigenvalue weighted by Gasteiger charge is -2.59. The van der Waals surface area contributed by atoms with Crippen LogP contribution in [0, 0.1) is 34.5 Å². The van der Waals surface area contributed by atoms with Crippen molar-refractivity contribution in [3.8, 4) is 0 Å². The van der Waals surface area contributed by atoms with Gasteiger partial charge in [0.15, 0.2) is 11.6 Å². The number of Topliss-reactive ketones (excluding diaryl/α,β-unsaturated/α-hetero) is 1. The summed E-state index contributed by atoms with van der Waals surface area (Å²) in [4.78, 5) is 24.4. The first-order chi connectivity index (χ1) is 12.6. The van der Waals surface area contributed by atoms with E-state index < -0.39 is 29.5 Å². The maximum Gasteiger partial charge on any atom is 0.190 e. The van der Waals surface area contributed by atoms with Crippen LogP contribution in [0.5, 0.6) is 0 Å². The van der Waals surface area contributed by atoms with Crippen molar-refractivity contribution in [1.82, 2.24) is 0 Å². The van der Waals surface area contributed by atoms with Gasteiger partial charge in [-0.3, -0.25) is 9.59 Å². The molecule has 148 valence electrons. The van der Waals surface area contributed by atoms with E-state index in [1.54, 1.807) is 12.2 Å². The zero-order valence-corrected chi connectivity index (χ0v) is 16.3. The smallest absolute Gasteiger partial charge is 0.190 e. The number of carbonyl (C=O) groups excluding carboxylic acids is 2. The molecule has 0 bridgehead atoms. The third kappa shape index (κ3) is 2.22. The summed E-state index contributed by atoms with van der Waals surface area (Å²) in [6.45, 7) is 5.23. The maximum absolute atomic E-state index is 12.6. The highest BCUT2D eigenvalue weighted by Crippen LogP contribution is 2.68. The molecule has 0 spiro atoms. The normalized spacial score (nSPS) is 51.3. The summed E-state index contributed by atoms with van der Waals surface area (Å²) in [6.07, 6.45) is 7.30. The number of aliphatic hydroxyl groups excluding tert-OH is 2. The van der Waals surface area contributed by atoms with Crippen LogP contribution >= 0.6 is 0 Å². The van der Waals surface area contributed by atoms with Crippen molar-refractivity contribution >= 4 is 11.6 Å². The molecule has 3 N–H and O–H groups in total. The highest BCUT2D eigenvalue weighted by atomic mass is 16.3. The molecule has 27 heavy (non-hydrogen) atoms. The Morgan fingerprint density at radius 1 is 1.33 bits per heavy atom. The van der Waals surface area contributed by atoms with Gasteiger partial charge in [0.1, 0.15) is 12.2 Å². The van der Waals surface area contributed by atoms with Crippen molar-refractivity contribution in [2.24, 2.45) is 34.5 Å². The summed E-state index contributed by atoms with van der Waals surface area (Å²) >= 11 is 0. The Kier molecular flexibility index (Phi) is 4.12. The number of hydrogen-bond donors (Lipinski definition) is 3. The van der Waals surface area contributed by atoms with Crippen LogP contribution in [-0.2, 0) is 9.59 Å². The zero-order valence-electron chi connectivity index (χ0n) is 16.3. The Morgan fingerprint density at radius 3 is 2.70 bits per heavy atom. The zero-order chi connectivity index (χ0) is 19.8. The predicted octanol–water partition coefficient (Wildman–Crippen LogP) is 1.80. The molecule has 0 saturated heterocycles. The first-order valence-electron chi connectivity index (χ1n) is 10.1. The van der Waals surface area contributed by atoms with E-state index in [2.05, 4.69) is 6.92 Å². The lowest BCUT2D eigenvalue weighted by atomic mass is 9.46. The molecule has 0 aliphatic heterocycles. The Bertz CT molecular complexity index is 754. The molecule has 3 fully saturated rings. The molecule has 4 aliphatic rings. The van der Waals surface area contributed by atoms with E-state index >= 15 is 0 Å². The standard InChI is InChI=1S/C22H30O5/c1-12-8-16-15-5-4-13-9-14(24)6-7-20(13,2)19(15)17(25)10-21(16,3)22(12,27)18(26)11-23/h6-7,9,12,15-17,19,23,25,27H,4-5,8,10-11H2,1-3H3/t12-,15?,16?,17?,19?,20?,21?,22?/m1/s1. The van der Waals surface area contributed by atoms with E-state index in [4.69, 9.17) is 0 Å². The van der Waals surface area contributed by atoms with Crippen molar-refractivity contribution < 1.29 is 24.9 Å². The second kappa shape index (κ2) is 5.85. The minimum Gasteiger partial charge on any atom is -0.393 e. The SMILES string of the molecule is C[C@@H]1CC2C3CCC4=CC(=O)C=CC4(C)C3C(O)CC2(C)C1(O)C(=O)CO. The lowest BCUT2D eigenvalue weighted by Crippen LogP contribution is -2.62. The van der Waals surface area contributed by atoms with Gasteiger partial charge in [-0.2, -0.15) is 0 Å². The van der Waals surface area contributed by atoms with Crippen LogP contribution in [0.15, 0.2) is 23.8 Å². The Hall–Kier alpha value is -1.30. The Labute approximate surface area is 160 Å². The topological polar surface area (TPSA) is 94.8 Å². The molecule has 3 saturated carbocycles. The molecule has 0 aromatic rings. The number of allylic oxidation sites excluding steroid dienone is 4. The van der Waals surface area contributed by atoms with Crippen molar-refractivity contribution in [2.75, 3.05) is 6.61 Å². The van der Waals surface area contributed by atoms with Gasteiger partial charge < -0.3 is 15.3 Å². The van der Waals surface area contributed by atoms with Crippen molar-refractivity contribution in [3.63, 3.8) is 0 Å². The molecule has 7 unspecified atom stereocenters. The maximum atomic E-state index is 12.6. The molecular formula is C22H30O5. The number of carbonyl (C=O) groups is 2. The minimum atomic E-state index is -1.60. The number of hydrogen-bond acceptors (Lipinski definition) is 5. The number of rotatable bonds is 2. The molecule has 8 atom stereocenters. The van der Waals surface area contributed by atoms with Gasteiger partial charge in [-0.25, -0.2) is 0 Å². The van der Waals surface area contributed by atoms with E-state index in [0.29, 0.717) is 12.8 Å². The van der Waals surface area contributed by atoms with Crippen LogP contribution in [0.25, 0.3) is 0 Å². The van der Waals surface area contributed by atoms with Gasteiger partial charge in [0.05, 0.1) is 6.10 Å². The van der Waals surface area contributed by atoms with E-state index in [1.165, 1.54) is 0 Å². The Morgan fingerprint density at radius 2 is 2.04 bits per heavy atom. The predicted molar refractivity (Wildman–Crippen MR) is 99.6 cm³/mol. The summed E-state index contributed by atoms with van der Waals surface area (Å²) in [5.41, 5.74) is -1.62. The molecule has 4 rings (SSSR count). The largest absolute Gasteiger partial charge is 0.393 e. The third-order valence-corrected chi connectivity index (χ3v) is 8.65. The fourth-order valence-corrected chi connectivity index (χ4v) is 7.37. The van der Waals surface area contributed by atoms with Crippen molar-refractivity contribution in [3.05, 3.63) is 23.8 Å². The van der Waals surface area contributed by atoms with Gasteiger partial charge in [-0.15, -0.1) is 0 Å². The summed E-state index contributed by atoms with van der Waals surface area (Å²) in [6, 6.07) is 0. The second-order valence-corrected chi connectivity index (χ2v) is 9.70. The third-order valence-electron chi connectivity index (χ3n) is 8.65. The molecule has 5 heteroatoms. The molecule has 0 aromatic heterocycles. The molecule has 5 nitrogen and oxygen atoms in total.